The van der Waals surface area contributed by atoms with Crippen molar-refractivity contribution in [1.82, 2.24) is 10.7 Å². The van der Waals surface area contributed by atoms with Gasteiger partial charge in [-0.25, -0.2) is 5.84 Å². The first-order chi connectivity index (χ1) is 5.24. The summed E-state index contributed by atoms with van der Waals surface area (Å²) in [6, 6.07) is 0. The Kier molecular flexibility index (Phi) is 2.22. The summed E-state index contributed by atoms with van der Waals surface area (Å²) < 4.78 is 0. The van der Waals surface area contributed by atoms with E-state index in [2.05, 4.69) is 10.3 Å². The number of nitrogens with one attached hydrogen (secondary N) is 2. The molecule has 0 saturated heterocycles. The van der Waals surface area contributed by atoms with Gasteiger partial charge < -0.3 is 5.32 Å². The second-order valence-electron chi connectivity index (χ2n) is 2.18. The molecule has 1 heterocycles. The molecule has 11 heavy (non-hydrogen) atoms. The lowest BCUT2D eigenvalue weighted by molar-refractivity contribution is -0.114. The van der Waals surface area contributed by atoms with Crippen LogP contribution >= 0.6 is 0 Å². The van der Waals surface area contributed by atoms with Crippen LogP contribution in [0.3, 0.4) is 0 Å². The van der Waals surface area contributed by atoms with Gasteiger partial charge in [0.25, 0.3) is 5.91 Å². The number of carbonyl (C=O) groups excluding carboxylic acids is 1. The summed E-state index contributed by atoms with van der Waals surface area (Å²) >= 11 is 0. The van der Waals surface area contributed by atoms with Gasteiger partial charge in [-0.1, -0.05) is 0 Å². The number of hydrogen-bond donors (Lipinski definition) is 3. The molecule has 1 aliphatic rings. The van der Waals surface area contributed by atoms with Gasteiger partial charge in [0.1, 0.15) is 12.4 Å². The van der Waals surface area contributed by atoms with E-state index in [0.717, 1.165) is 5.70 Å². The zero-order valence-electron chi connectivity index (χ0n) is 6.22. The molecule has 0 radical (unpaired) electrons. The van der Waals surface area contributed by atoms with E-state index in [0.29, 0.717) is 12.4 Å². The minimum atomic E-state index is -0.356. The number of hydrazine groups is 1. The molecule has 5 nitrogen and oxygen atoms in total. The second-order valence-corrected chi connectivity index (χ2v) is 2.18. The van der Waals surface area contributed by atoms with E-state index in [1.165, 1.54) is 0 Å². The minimum absolute atomic E-state index is 0.356. The summed E-state index contributed by atoms with van der Waals surface area (Å²) in [6.45, 7) is 2.30. The molecule has 1 rings (SSSR count). The monoisotopic (exact) mass is 154 g/mol. The fraction of sp³-hybridized carbons (Fsp3) is 0.333. The van der Waals surface area contributed by atoms with Crippen LogP contribution in [0.4, 0.5) is 0 Å². The SMILES string of the molecule is CC1=CC(C(=O)NN)=NCN1. The van der Waals surface area contributed by atoms with Crippen LogP contribution in [0.25, 0.3) is 0 Å². The van der Waals surface area contributed by atoms with Crippen LogP contribution in [-0.4, -0.2) is 18.3 Å². The molecule has 4 N–H and O–H groups in total. The fourth-order valence-corrected chi connectivity index (χ4v) is 0.762. The second kappa shape index (κ2) is 3.16. The maximum atomic E-state index is 10.9. The molecular formula is C6H10N4O. The molecular weight excluding hydrogens is 144 g/mol. The molecule has 5 heteroatoms. The molecule has 1 aliphatic heterocycles. The Morgan fingerprint density at radius 2 is 2.64 bits per heavy atom. The van der Waals surface area contributed by atoms with Gasteiger partial charge in [-0.15, -0.1) is 0 Å². The molecule has 0 aromatic carbocycles. The maximum absolute atomic E-state index is 10.9. The Balaban J connectivity index is 2.73. The third-order valence-corrected chi connectivity index (χ3v) is 1.32. The highest BCUT2D eigenvalue weighted by Gasteiger charge is 2.09. The van der Waals surface area contributed by atoms with Gasteiger partial charge >= 0.3 is 0 Å². The van der Waals surface area contributed by atoms with Crippen LogP contribution in [0.2, 0.25) is 0 Å². The highest BCUT2D eigenvalue weighted by molar-refractivity contribution is 6.43. The number of nitrogens with two attached hydrogens (primary N) is 1. The molecule has 0 aromatic heterocycles. The van der Waals surface area contributed by atoms with E-state index in [1.54, 1.807) is 6.08 Å². The number of allylic oxidation sites excluding steroid dienone is 1. The van der Waals surface area contributed by atoms with E-state index in [4.69, 9.17) is 5.84 Å². The largest absolute Gasteiger partial charge is 0.370 e. The zero-order chi connectivity index (χ0) is 8.27. The Hall–Kier alpha value is -1.36. The predicted octanol–water partition coefficient (Wildman–Crippen LogP) is -1.12. The Morgan fingerprint density at radius 1 is 1.91 bits per heavy atom. The molecule has 0 fully saturated rings. The predicted molar refractivity (Wildman–Crippen MR) is 41.5 cm³/mol. The van der Waals surface area contributed by atoms with E-state index >= 15 is 0 Å². The molecule has 0 saturated carbocycles. The minimum Gasteiger partial charge on any atom is -0.370 e. The average Bonchev–Trinajstić information content (AvgIpc) is 2.03. The van der Waals surface area contributed by atoms with Crippen molar-refractivity contribution in [3.63, 3.8) is 0 Å². The number of aliphatic imine (C=N–C) groups is 1. The average molecular weight is 154 g/mol. The standard InChI is InChI=1S/C6H10N4O/c1-4-2-5(6(11)10-7)9-3-8-4/h2,8H,3,7H2,1H3,(H,10,11). The Bertz CT molecular complexity index is 231. The third-order valence-electron chi connectivity index (χ3n) is 1.32. The number of amides is 1. The maximum Gasteiger partial charge on any atom is 0.283 e. The van der Waals surface area contributed by atoms with Crippen molar-refractivity contribution in [2.75, 3.05) is 6.67 Å². The van der Waals surface area contributed by atoms with Crippen molar-refractivity contribution in [2.45, 2.75) is 6.92 Å². The van der Waals surface area contributed by atoms with Crippen LogP contribution in [0.15, 0.2) is 16.8 Å². The molecule has 0 atom stereocenters. The number of nitrogens with zero attached hydrogens (tertiary/aromatic N) is 1. The van der Waals surface area contributed by atoms with Gasteiger partial charge in [0.15, 0.2) is 0 Å². The summed E-state index contributed by atoms with van der Waals surface area (Å²) in [5.41, 5.74) is 3.29. The quantitative estimate of drug-likeness (QED) is 0.254. The van der Waals surface area contributed by atoms with Gasteiger partial charge in [-0.2, -0.15) is 0 Å². The lowest BCUT2D eigenvalue weighted by atomic mass is 10.2. The topological polar surface area (TPSA) is 79.5 Å². The summed E-state index contributed by atoms with van der Waals surface area (Å²) in [5, 5.41) is 2.94. The van der Waals surface area contributed by atoms with Crippen molar-refractivity contribution in [1.29, 1.82) is 0 Å². The molecule has 1 amide bonds. The molecule has 0 spiro atoms. The zero-order valence-corrected chi connectivity index (χ0v) is 6.22. The number of hydrogen-bond acceptors (Lipinski definition) is 4. The third kappa shape index (κ3) is 1.78. The molecule has 60 valence electrons. The van der Waals surface area contributed by atoms with Crippen molar-refractivity contribution in [2.24, 2.45) is 10.8 Å². The van der Waals surface area contributed by atoms with Gasteiger partial charge in [0, 0.05) is 5.70 Å². The first-order valence-electron chi connectivity index (χ1n) is 3.21. The molecule has 0 bridgehead atoms. The lowest BCUT2D eigenvalue weighted by Gasteiger charge is -2.10. The van der Waals surface area contributed by atoms with Crippen molar-refractivity contribution in [3.8, 4) is 0 Å². The van der Waals surface area contributed by atoms with Crippen molar-refractivity contribution >= 4 is 11.6 Å². The Morgan fingerprint density at radius 3 is 3.18 bits per heavy atom. The van der Waals surface area contributed by atoms with Crippen LogP contribution in [0.1, 0.15) is 6.92 Å². The van der Waals surface area contributed by atoms with Gasteiger partial charge in [0.2, 0.25) is 0 Å². The van der Waals surface area contributed by atoms with Crippen LogP contribution in [0.5, 0.6) is 0 Å². The van der Waals surface area contributed by atoms with Crippen LogP contribution in [0, 0.1) is 0 Å². The highest BCUT2D eigenvalue weighted by atomic mass is 16.2. The molecule has 0 aliphatic carbocycles. The first-order valence-corrected chi connectivity index (χ1v) is 3.21. The summed E-state index contributed by atoms with van der Waals surface area (Å²) in [5.74, 6) is 4.56. The first kappa shape index (κ1) is 7.74. The summed E-state index contributed by atoms with van der Waals surface area (Å²) in [6.07, 6.45) is 1.64. The van der Waals surface area contributed by atoms with E-state index in [1.807, 2.05) is 12.3 Å². The summed E-state index contributed by atoms with van der Waals surface area (Å²) in [4.78, 5) is 14.8. The number of rotatable bonds is 1. The lowest BCUT2D eigenvalue weighted by Crippen LogP contribution is -2.37. The molecule has 0 aromatic rings. The van der Waals surface area contributed by atoms with E-state index < -0.39 is 0 Å². The van der Waals surface area contributed by atoms with E-state index in [-0.39, 0.29) is 5.91 Å². The van der Waals surface area contributed by atoms with Crippen molar-refractivity contribution < 1.29 is 4.79 Å². The Labute approximate surface area is 64.3 Å². The van der Waals surface area contributed by atoms with Crippen LogP contribution < -0.4 is 16.6 Å². The summed E-state index contributed by atoms with van der Waals surface area (Å²) in [7, 11) is 0. The van der Waals surface area contributed by atoms with E-state index in [9.17, 15) is 4.79 Å². The normalized spacial score (nSPS) is 16.2. The van der Waals surface area contributed by atoms with Crippen molar-refractivity contribution in [3.05, 3.63) is 11.8 Å². The number of carbonyl (C=O) groups is 1. The van der Waals surface area contributed by atoms with Crippen LogP contribution in [-0.2, 0) is 4.79 Å². The van der Waals surface area contributed by atoms with Gasteiger partial charge in [-0.3, -0.25) is 15.2 Å². The van der Waals surface area contributed by atoms with Gasteiger partial charge in [0.05, 0.1) is 0 Å². The molecule has 0 unspecified atom stereocenters. The highest BCUT2D eigenvalue weighted by Crippen LogP contribution is 1.95. The fourth-order valence-electron chi connectivity index (χ4n) is 0.762. The van der Waals surface area contributed by atoms with Gasteiger partial charge in [-0.05, 0) is 13.0 Å². The smallest absolute Gasteiger partial charge is 0.283 e.